The standard InChI is InChI=1S/C22H27NO3S/c1-17-10-12-20(13-11-17)27(24,25)23-15-7-6-14-22(23)16-21(18(2)26-22)19-8-4-3-5-9-19/h3-5,8-13,18,21H,6-7,14-16H2,1-2H3. The first-order chi connectivity index (χ1) is 12.9. The molecule has 2 aliphatic rings. The van der Waals surface area contributed by atoms with Crippen LogP contribution in [0.15, 0.2) is 59.5 Å². The van der Waals surface area contributed by atoms with Gasteiger partial charge in [0.15, 0.2) is 0 Å². The van der Waals surface area contributed by atoms with Crippen molar-refractivity contribution >= 4 is 10.0 Å². The molecule has 2 aliphatic heterocycles. The van der Waals surface area contributed by atoms with Crippen LogP contribution in [0.25, 0.3) is 0 Å². The lowest BCUT2D eigenvalue weighted by molar-refractivity contribution is -0.125. The van der Waals surface area contributed by atoms with Crippen LogP contribution in [0.3, 0.4) is 0 Å². The first kappa shape index (κ1) is 18.7. The summed E-state index contributed by atoms with van der Waals surface area (Å²) in [7, 11) is -3.59. The molecule has 3 unspecified atom stereocenters. The minimum atomic E-state index is -3.59. The Bertz CT molecular complexity index is 895. The summed E-state index contributed by atoms with van der Waals surface area (Å²) >= 11 is 0. The maximum absolute atomic E-state index is 13.5. The molecule has 5 heteroatoms. The molecule has 2 aromatic rings. The van der Waals surface area contributed by atoms with E-state index in [1.165, 1.54) is 5.56 Å². The molecule has 2 saturated heterocycles. The van der Waals surface area contributed by atoms with Crippen LogP contribution >= 0.6 is 0 Å². The molecule has 4 rings (SSSR count). The summed E-state index contributed by atoms with van der Waals surface area (Å²) < 4.78 is 35.0. The Morgan fingerprint density at radius 1 is 1.04 bits per heavy atom. The average molecular weight is 386 g/mol. The molecular weight excluding hydrogens is 358 g/mol. The van der Waals surface area contributed by atoms with E-state index in [0.717, 1.165) is 24.8 Å². The average Bonchev–Trinajstić information content (AvgIpc) is 2.99. The molecule has 1 spiro atoms. The van der Waals surface area contributed by atoms with Crippen LogP contribution < -0.4 is 0 Å². The Morgan fingerprint density at radius 3 is 2.44 bits per heavy atom. The van der Waals surface area contributed by atoms with Crippen molar-refractivity contribution in [1.29, 1.82) is 0 Å². The minimum absolute atomic E-state index is 0.0128. The maximum Gasteiger partial charge on any atom is 0.245 e. The lowest BCUT2D eigenvalue weighted by Gasteiger charge is -2.43. The van der Waals surface area contributed by atoms with Gasteiger partial charge in [-0.2, -0.15) is 4.31 Å². The normalized spacial score (nSPS) is 29.3. The van der Waals surface area contributed by atoms with E-state index in [1.807, 2.05) is 37.3 Å². The second-order valence-corrected chi connectivity index (χ2v) is 9.70. The van der Waals surface area contributed by atoms with Crippen LogP contribution in [0.5, 0.6) is 0 Å². The Kier molecular flexibility index (Phi) is 4.87. The molecule has 0 saturated carbocycles. The third-order valence-corrected chi connectivity index (χ3v) is 7.94. The quantitative estimate of drug-likeness (QED) is 0.784. The molecule has 0 aromatic heterocycles. The van der Waals surface area contributed by atoms with Crippen molar-refractivity contribution in [2.75, 3.05) is 6.54 Å². The fourth-order valence-corrected chi connectivity index (χ4v) is 6.31. The molecule has 0 amide bonds. The molecule has 2 fully saturated rings. The van der Waals surface area contributed by atoms with Gasteiger partial charge >= 0.3 is 0 Å². The number of ether oxygens (including phenoxy) is 1. The minimum Gasteiger partial charge on any atom is -0.356 e. The number of benzene rings is 2. The van der Waals surface area contributed by atoms with Gasteiger partial charge in [-0.25, -0.2) is 8.42 Å². The van der Waals surface area contributed by atoms with Gasteiger partial charge < -0.3 is 4.74 Å². The number of rotatable bonds is 3. The lowest BCUT2D eigenvalue weighted by Crippen LogP contribution is -2.54. The van der Waals surface area contributed by atoms with Crippen molar-refractivity contribution in [2.45, 2.75) is 62.2 Å². The lowest BCUT2D eigenvalue weighted by atomic mass is 9.87. The fraction of sp³-hybridized carbons (Fsp3) is 0.455. The van der Waals surface area contributed by atoms with Gasteiger partial charge in [0, 0.05) is 18.9 Å². The first-order valence-corrected chi connectivity index (χ1v) is 11.2. The van der Waals surface area contributed by atoms with Gasteiger partial charge in [0.25, 0.3) is 0 Å². The number of hydrogen-bond donors (Lipinski definition) is 0. The summed E-state index contributed by atoms with van der Waals surface area (Å²) in [5, 5.41) is 0. The smallest absolute Gasteiger partial charge is 0.245 e. The van der Waals surface area contributed by atoms with E-state index in [-0.39, 0.29) is 12.0 Å². The Labute approximate surface area is 162 Å². The molecular formula is C22H27NO3S. The highest BCUT2D eigenvalue weighted by Crippen LogP contribution is 2.49. The third-order valence-electron chi connectivity index (χ3n) is 5.98. The fourth-order valence-electron chi connectivity index (χ4n) is 4.56. The van der Waals surface area contributed by atoms with E-state index < -0.39 is 15.7 Å². The highest BCUT2D eigenvalue weighted by molar-refractivity contribution is 7.89. The van der Waals surface area contributed by atoms with Gasteiger partial charge in [-0.15, -0.1) is 0 Å². The molecule has 27 heavy (non-hydrogen) atoms. The summed E-state index contributed by atoms with van der Waals surface area (Å²) in [5.41, 5.74) is 1.54. The second-order valence-electron chi connectivity index (χ2n) is 7.84. The summed E-state index contributed by atoms with van der Waals surface area (Å²) in [6.07, 6.45) is 3.32. The molecule has 0 N–H and O–H groups in total. The predicted octanol–water partition coefficient (Wildman–Crippen LogP) is 4.46. The van der Waals surface area contributed by atoms with Crippen molar-refractivity contribution in [3.05, 3.63) is 65.7 Å². The Morgan fingerprint density at radius 2 is 1.74 bits per heavy atom. The number of aryl methyl sites for hydroxylation is 1. The van der Waals surface area contributed by atoms with Crippen molar-refractivity contribution in [2.24, 2.45) is 0 Å². The monoisotopic (exact) mass is 385 g/mol. The van der Waals surface area contributed by atoms with Crippen LogP contribution in [-0.2, 0) is 14.8 Å². The van der Waals surface area contributed by atoms with Crippen LogP contribution in [0.1, 0.15) is 49.7 Å². The molecule has 144 valence electrons. The van der Waals surface area contributed by atoms with Crippen LogP contribution in [0.2, 0.25) is 0 Å². The topological polar surface area (TPSA) is 46.6 Å². The Hall–Kier alpha value is -1.69. The second kappa shape index (κ2) is 7.04. The van der Waals surface area contributed by atoms with Crippen molar-refractivity contribution in [1.82, 2.24) is 4.31 Å². The number of hydrogen-bond acceptors (Lipinski definition) is 3. The number of piperidine rings is 1. The molecule has 3 atom stereocenters. The zero-order valence-corrected chi connectivity index (χ0v) is 16.8. The van der Waals surface area contributed by atoms with Gasteiger partial charge in [-0.1, -0.05) is 48.0 Å². The maximum atomic E-state index is 13.5. The molecule has 0 aliphatic carbocycles. The van der Waals surface area contributed by atoms with E-state index in [0.29, 0.717) is 17.9 Å². The molecule has 0 radical (unpaired) electrons. The van der Waals surface area contributed by atoms with Gasteiger partial charge in [0.2, 0.25) is 10.0 Å². The van der Waals surface area contributed by atoms with E-state index in [2.05, 4.69) is 19.1 Å². The summed E-state index contributed by atoms with van der Waals surface area (Å²) in [6, 6.07) is 17.4. The van der Waals surface area contributed by atoms with E-state index in [4.69, 9.17) is 4.74 Å². The van der Waals surface area contributed by atoms with E-state index in [9.17, 15) is 8.42 Å². The van der Waals surface area contributed by atoms with Gasteiger partial charge in [-0.05, 0) is 50.8 Å². The summed E-state index contributed by atoms with van der Waals surface area (Å²) in [4.78, 5) is 0.355. The zero-order valence-electron chi connectivity index (χ0n) is 16.0. The van der Waals surface area contributed by atoms with E-state index in [1.54, 1.807) is 16.4 Å². The predicted molar refractivity (Wildman–Crippen MR) is 106 cm³/mol. The highest BCUT2D eigenvalue weighted by Gasteiger charge is 2.54. The Balaban J connectivity index is 1.69. The van der Waals surface area contributed by atoms with Crippen molar-refractivity contribution in [3.63, 3.8) is 0 Å². The largest absolute Gasteiger partial charge is 0.356 e. The molecule has 0 bridgehead atoms. The van der Waals surface area contributed by atoms with E-state index >= 15 is 0 Å². The van der Waals surface area contributed by atoms with Gasteiger partial charge in [0.05, 0.1) is 11.0 Å². The SMILES string of the molecule is Cc1ccc(S(=O)(=O)N2CCCCC23CC(c2ccccc2)C(C)O3)cc1. The third kappa shape index (κ3) is 3.33. The van der Waals surface area contributed by atoms with Gasteiger partial charge in [-0.3, -0.25) is 0 Å². The summed E-state index contributed by atoms with van der Waals surface area (Å²) in [5.74, 6) is 0.208. The summed E-state index contributed by atoms with van der Waals surface area (Å²) in [6.45, 7) is 4.55. The van der Waals surface area contributed by atoms with Crippen molar-refractivity contribution in [3.8, 4) is 0 Å². The van der Waals surface area contributed by atoms with Crippen molar-refractivity contribution < 1.29 is 13.2 Å². The molecule has 4 nitrogen and oxygen atoms in total. The number of nitrogens with zero attached hydrogens (tertiary/aromatic N) is 1. The zero-order chi connectivity index (χ0) is 19.1. The van der Waals surface area contributed by atoms with Crippen LogP contribution in [-0.4, -0.2) is 31.1 Å². The van der Waals surface area contributed by atoms with Crippen LogP contribution in [0, 0.1) is 6.92 Å². The highest BCUT2D eigenvalue weighted by atomic mass is 32.2. The van der Waals surface area contributed by atoms with Gasteiger partial charge in [0.1, 0.15) is 5.72 Å². The number of sulfonamides is 1. The molecule has 2 aromatic carbocycles. The first-order valence-electron chi connectivity index (χ1n) is 9.75. The van der Waals surface area contributed by atoms with Crippen LogP contribution in [0.4, 0.5) is 0 Å². The molecule has 2 heterocycles.